The van der Waals surface area contributed by atoms with E-state index in [1.807, 2.05) is 26.2 Å². The van der Waals surface area contributed by atoms with E-state index in [4.69, 9.17) is 45.6 Å². The van der Waals surface area contributed by atoms with Crippen molar-refractivity contribution in [3.05, 3.63) is 215 Å². The maximum absolute atomic E-state index is 13.3. The van der Waals surface area contributed by atoms with Crippen molar-refractivity contribution in [2.24, 2.45) is 15.7 Å². The summed E-state index contributed by atoms with van der Waals surface area (Å²) in [7, 11) is 1.00. The molecule has 11 aromatic rings. The normalized spacial score (nSPS) is 11.5. The van der Waals surface area contributed by atoms with Gasteiger partial charge in [-0.1, -0.05) is 0 Å². The number of thiophene rings is 3. The lowest BCUT2D eigenvalue weighted by Crippen LogP contribution is -2.29. The summed E-state index contributed by atoms with van der Waals surface area (Å²) in [6, 6.07) is 26.8. The van der Waals surface area contributed by atoms with E-state index < -0.39 is 28.7 Å². The molecule has 446 valence electrons. The molecule has 0 aliphatic carbocycles. The number of amidine groups is 2. The van der Waals surface area contributed by atoms with Crippen molar-refractivity contribution in [2.45, 2.75) is 33.9 Å². The van der Waals surface area contributed by atoms with Crippen molar-refractivity contribution in [3.63, 3.8) is 0 Å². The highest BCUT2D eigenvalue weighted by Gasteiger charge is 2.26. The molecule has 0 saturated heterocycles. The first kappa shape index (κ1) is 65.3. The van der Waals surface area contributed by atoms with Crippen LogP contribution in [-0.4, -0.2) is 76.9 Å². The number of nitrogens with one attached hydrogen (secondary N) is 2. The van der Waals surface area contributed by atoms with Gasteiger partial charge in [-0.3, -0.25) is 29.2 Å². The molecule has 0 atom stereocenters. The van der Waals surface area contributed by atoms with E-state index in [2.05, 4.69) is 59.7 Å². The van der Waals surface area contributed by atoms with Crippen LogP contribution >= 0.6 is 103 Å². The molecule has 0 fully saturated rings. The monoisotopic (exact) mass is 1350 g/mol. The number of hydrogen-bond donors (Lipinski definition) is 4. The number of rotatable bonds is 8. The van der Waals surface area contributed by atoms with Gasteiger partial charge in [-0.2, -0.15) is 4.68 Å². The number of carbonyl (C=O) groups is 4. The zero-order valence-corrected chi connectivity index (χ0v) is 52.9. The fourth-order valence-corrected chi connectivity index (χ4v) is 13.7. The average Bonchev–Trinajstić information content (AvgIpc) is 1.97. The molecular formula is C59H45Cl3F4N10O5S6. The first-order valence-electron chi connectivity index (χ1n) is 25.2. The molecule has 2 aliphatic heterocycles. The third kappa shape index (κ3) is 16.7. The Bertz CT molecular complexity index is 4290. The second-order valence-corrected chi connectivity index (χ2v) is 25.8. The number of thiazole rings is 3. The predicted octanol–water partition coefficient (Wildman–Crippen LogP) is 15.4. The molecule has 4 aromatic carbocycles. The molecule has 87 heavy (non-hydrogen) atoms. The van der Waals surface area contributed by atoms with Crippen molar-refractivity contribution < 1.29 is 41.8 Å². The third-order valence-electron chi connectivity index (χ3n) is 11.8. The van der Waals surface area contributed by atoms with Crippen LogP contribution in [0.4, 0.5) is 23.4 Å². The van der Waals surface area contributed by atoms with Crippen LogP contribution in [0, 0.1) is 44.0 Å². The lowest BCUT2D eigenvalue weighted by molar-refractivity contribution is 0.0946. The Balaban J connectivity index is 0.000000158. The number of nitrogens with zero attached hydrogens (tertiary/aromatic N) is 7. The van der Waals surface area contributed by atoms with Crippen molar-refractivity contribution >= 4 is 153 Å². The van der Waals surface area contributed by atoms with Gasteiger partial charge in [0, 0.05) is 62.6 Å². The van der Waals surface area contributed by atoms with Gasteiger partial charge >= 0.3 is 0 Å². The lowest BCUT2D eigenvalue weighted by Gasteiger charge is -2.04. The molecule has 0 bridgehead atoms. The van der Waals surface area contributed by atoms with Gasteiger partial charge in [0.1, 0.15) is 50.0 Å². The molecule has 2 amide bonds. The molecule has 15 nitrogen and oxygen atoms in total. The molecule has 9 heterocycles. The number of aliphatic hydroxyl groups excluding tert-OH is 1. The summed E-state index contributed by atoms with van der Waals surface area (Å²) in [6.07, 6.45) is 5.52. The maximum atomic E-state index is 13.3. The van der Waals surface area contributed by atoms with Gasteiger partial charge < -0.3 is 21.5 Å². The Morgan fingerprint density at radius 3 is 1.37 bits per heavy atom. The first-order chi connectivity index (χ1) is 41.8. The minimum Gasteiger partial charge on any atom is -0.400 e. The average molecular weight is 1350 g/mol. The number of nitrogens with two attached hydrogens (primary N) is 1. The van der Waals surface area contributed by atoms with E-state index in [0.717, 1.165) is 63.5 Å². The number of halogens is 7. The number of alkyl halides is 2. The highest BCUT2D eigenvalue weighted by atomic mass is 35.5. The van der Waals surface area contributed by atoms with Crippen LogP contribution in [0.3, 0.4) is 0 Å². The number of aliphatic imine (C=N–C) groups is 2. The highest BCUT2D eigenvalue weighted by Crippen LogP contribution is 2.41. The Morgan fingerprint density at radius 1 is 0.552 bits per heavy atom. The summed E-state index contributed by atoms with van der Waals surface area (Å²) in [5.74, 6) is -1.46. The van der Waals surface area contributed by atoms with E-state index in [1.165, 1.54) is 140 Å². The van der Waals surface area contributed by atoms with Crippen molar-refractivity contribution in [2.75, 3.05) is 17.8 Å². The number of fused-ring (bicyclic) bond motifs is 3. The van der Waals surface area contributed by atoms with Crippen molar-refractivity contribution in [3.8, 4) is 29.7 Å². The fraction of sp³-hybridized carbons (Fsp3) is 0.119. The van der Waals surface area contributed by atoms with Gasteiger partial charge in [0.15, 0.2) is 5.82 Å². The molecule has 7 aromatic heterocycles. The molecular weight excluding hydrogens is 1300 g/mol. The lowest BCUT2D eigenvalue weighted by atomic mass is 10.2. The number of aryl methyl sites for hydroxylation is 3. The van der Waals surface area contributed by atoms with E-state index in [-0.39, 0.29) is 39.8 Å². The Labute approximate surface area is 533 Å². The van der Waals surface area contributed by atoms with E-state index >= 15 is 0 Å². The third-order valence-corrected chi connectivity index (χ3v) is 18.8. The van der Waals surface area contributed by atoms with Crippen LogP contribution in [0.25, 0.3) is 39.9 Å². The summed E-state index contributed by atoms with van der Waals surface area (Å²) in [5.41, 5.74) is 9.81. The fourth-order valence-electron chi connectivity index (χ4n) is 7.81. The number of aliphatic hydroxyl groups is 1. The molecule has 0 radical (unpaired) electrons. The van der Waals surface area contributed by atoms with Crippen LogP contribution in [0.15, 0.2) is 144 Å². The van der Waals surface area contributed by atoms with E-state index in [9.17, 15) is 36.7 Å². The number of benzene rings is 4. The van der Waals surface area contributed by atoms with Gasteiger partial charge in [-0.05, 0) is 159 Å². The van der Waals surface area contributed by atoms with Crippen LogP contribution in [0.2, 0.25) is 0 Å². The van der Waals surface area contributed by atoms with Crippen molar-refractivity contribution in [1.82, 2.24) is 30.0 Å². The number of carbonyl (C=O) groups excluding carboxylic acids is 4. The minimum atomic E-state index is -0.569. The second-order valence-electron chi connectivity index (χ2n) is 17.8. The zero-order chi connectivity index (χ0) is 62.5. The Hall–Kier alpha value is -7.69. The second kappa shape index (κ2) is 30.3. The topological polar surface area (TPSA) is 220 Å². The molecule has 5 N–H and O–H groups in total. The number of amides is 2. The molecule has 0 saturated carbocycles. The Kier molecular flexibility index (Phi) is 22.7. The number of anilines is 1. The quantitative estimate of drug-likeness (QED) is 0.0640. The first-order valence-corrected chi connectivity index (χ1v) is 31.6. The van der Waals surface area contributed by atoms with E-state index in [0.29, 0.717) is 39.6 Å². The summed E-state index contributed by atoms with van der Waals surface area (Å²) < 4.78 is 53.5. The summed E-state index contributed by atoms with van der Waals surface area (Å²) in [6.45, 7) is 7.32. The summed E-state index contributed by atoms with van der Waals surface area (Å²) in [4.78, 5) is 78.9. The zero-order valence-electron chi connectivity index (χ0n) is 45.7. The molecule has 13 rings (SSSR count). The predicted molar refractivity (Wildman–Crippen MR) is 344 cm³/mol. The SMILES string of the molecule is CO.Cc1cnc(-c2cc3c(s2)C(N)=NC3)s1.Cc1cnc(-c2cc3c(s2)C(NC(=O)c2ccc(F)cc2)=NC3)s1.Cc1cnc(-c2cc3c(s2)c(NC(=O)c2ccc(F)cc2)nn3C(=O)c2ccc(F)cc2)s1.ClCCl.O=C(Cl)c1ccc(F)cc1. The van der Waals surface area contributed by atoms with Crippen LogP contribution in [-0.2, 0) is 13.1 Å². The van der Waals surface area contributed by atoms with Crippen LogP contribution in [0.1, 0.15) is 76.9 Å². The molecule has 28 heteroatoms. The van der Waals surface area contributed by atoms with Gasteiger partial charge in [-0.25, -0.2) is 32.5 Å². The Morgan fingerprint density at radius 2 is 0.943 bits per heavy atom. The maximum Gasteiger partial charge on any atom is 0.278 e. The number of hydrogen-bond acceptors (Lipinski definition) is 18. The minimum absolute atomic E-state index is 0.194. The van der Waals surface area contributed by atoms with Crippen LogP contribution < -0.4 is 16.4 Å². The molecule has 0 unspecified atom stereocenters. The van der Waals surface area contributed by atoms with Gasteiger partial charge in [-0.15, -0.1) is 96.3 Å². The summed E-state index contributed by atoms with van der Waals surface area (Å²) >= 11 is 24.1. The number of aromatic nitrogens is 5. The molecule has 2 aliphatic rings. The van der Waals surface area contributed by atoms with Crippen molar-refractivity contribution in [1.29, 1.82) is 0 Å². The van der Waals surface area contributed by atoms with Gasteiger partial charge in [0.25, 0.3) is 23.0 Å². The highest BCUT2D eigenvalue weighted by molar-refractivity contribution is 7.26. The van der Waals surface area contributed by atoms with Gasteiger partial charge in [0.05, 0.1) is 53.0 Å². The smallest absolute Gasteiger partial charge is 0.278 e. The van der Waals surface area contributed by atoms with E-state index in [1.54, 1.807) is 57.6 Å². The summed E-state index contributed by atoms with van der Waals surface area (Å²) in [5, 5.41) is 19.3. The van der Waals surface area contributed by atoms with Gasteiger partial charge in [0.2, 0.25) is 0 Å². The standard InChI is InChI=1S/C23H14F2N4O2S2.C17H12FN3OS2.C10H9N3S2.C7H4ClFO.CH2Cl2.CH4O/c1-12-11-26-22(32-12)18-10-17-19(33-18)20(27-21(30)13-2-6-15(24)7-3-13)28-29(17)23(31)14-4-8-16(25)9-5-14;1-9-7-20-17(23-9)13-6-11-8-19-15(14(11)24-13)21-16(22)10-2-4-12(18)5-3-10;1-5-3-13-10(14-5)7-2-6-4-12-9(11)8(6)15-7;8-7(10)5-1-3-6(9)4-2-5;2-1-3;1-2/h2-11H,1H3,(H,27,28,30);2-7H,8H2,1H3,(H,19,21,22);2-3H,4H2,1H3,(H2,11,12);1-4H;1H2;2H,1H3. The van der Waals surface area contributed by atoms with Crippen LogP contribution in [0.5, 0.6) is 0 Å². The molecule has 0 spiro atoms. The largest absolute Gasteiger partial charge is 0.400 e.